The van der Waals surface area contributed by atoms with Crippen LogP contribution in [-0.4, -0.2) is 31.7 Å². The number of nitrogens with two attached hydrogens (primary N) is 1. The fraction of sp³-hybridized carbons (Fsp3) is 0.526. The van der Waals surface area contributed by atoms with E-state index >= 15 is 0 Å². The maximum absolute atomic E-state index is 13.2. The van der Waals surface area contributed by atoms with E-state index in [-0.39, 0.29) is 24.9 Å². The lowest BCUT2D eigenvalue weighted by molar-refractivity contribution is 0.171. The quantitative estimate of drug-likeness (QED) is 0.859. The number of aromatic nitrogens is 1. The van der Waals surface area contributed by atoms with Gasteiger partial charge in [-0.05, 0) is 61.8 Å². The molecule has 0 unspecified atom stereocenters. The fourth-order valence-electron chi connectivity index (χ4n) is 4.23. The molecule has 2 fully saturated rings. The van der Waals surface area contributed by atoms with Crippen LogP contribution in [0.2, 0.25) is 0 Å². The molecule has 0 spiro atoms. The van der Waals surface area contributed by atoms with Crippen molar-refractivity contribution in [2.45, 2.75) is 67.6 Å². The summed E-state index contributed by atoms with van der Waals surface area (Å²) in [5.74, 6) is 0.442. The Morgan fingerprint density at radius 1 is 1.19 bits per heavy atom. The summed E-state index contributed by atoms with van der Waals surface area (Å²) in [4.78, 5) is 4.88. The SMILES string of the molecule is N[C@@H]1Cc2cc3cnc(C4CC4)cc3c(S(=O)(=O)NC3CC(F)C3)c2C1. The second-order valence-corrected chi connectivity index (χ2v) is 9.65. The van der Waals surface area contributed by atoms with Gasteiger partial charge in [-0.2, -0.15) is 0 Å². The van der Waals surface area contributed by atoms with Crippen molar-refractivity contribution in [3.63, 3.8) is 0 Å². The Kier molecular flexibility index (Phi) is 3.64. The van der Waals surface area contributed by atoms with Gasteiger partial charge >= 0.3 is 0 Å². The Bertz CT molecular complexity index is 998. The standard InChI is InChI=1S/C19H22FN3O2S/c20-13-5-15(6-13)23-26(24,25)19-16-7-14(21)4-11(16)3-12-9-22-18(8-17(12)19)10-1-2-10/h3,8-10,13-15,23H,1-2,4-7,21H2/t13?,14-,15?/m1/s1. The zero-order valence-electron chi connectivity index (χ0n) is 14.4. The number of hydrogen-bond acceptors (Lipinski definition) is 4. The molecule has 138 valence electrons. The van der Waals surface area contributed by atoms with Crippen LogP contribution in [0.5, 0.6) is 0 Å². The van der Waals surface area contributed by atoms with E-state index in [1.807, 2.05) is 12.1 Å². The number of benzene rings is 1. The highest BCUT2D eigenvalue weighted by molar-refractivity contribution is 7.89. The maximum Gasteiger partial charge on any atom is 0.241 e. The summed E-state index contributed by atoms with van der Waals surface area (Å²) in [6, 6.07) is 3.58. The molecule has 2 saturated carbocycles. The van der Waals surface area contributed by atoms with Gasteiger partial charge in [-0.1, -0.05) is 0 Å². The van der Waals surface area contributed by atoms with Crippen LogP contribution in [0.15, 0.2) is 23.2 Å². The van der Waals surface area contributed by atoms with Crippen molar-refractivity contribution in [2.24, 2.45) is 5.73 Å². The molecule has 1 atom stereocenters. The molecule has 1 heterocycles. The molecular weight excluding hydrogens is 353 g/mol. The number of hydrogen-bond donors (Lipinski definition) is 2. The summed E-state index contributed by atoms with van der Waals surface area (Å²) in [6.45, 7) is 0. The topological polar surface area (TPSA) is 85.1 Å². The number of fused-ring (bicyclic) bond motifs is 2. The zero-order chi connectivity index (χ0) is 18.1. The molecule has 0 bridgehead atoms. The summed E-state index contributed by atoms with van der Waals surface area (Å²) >= 11 is 0. The number of halogens is 1. The number of sulfonamides is 1. The summed E-state index contributed by atoms with van der Waals surface area (Å²) in [6.07, 6.45) is 4.82. The lowest BCUT2D eigenvalue weighted by atomic mass is 9.92. The zero-order valence-corrected chi connectivity index (χ0v) is 15.2. The normalized spacial score (nSPS) is 28.2. The van der Waals surface area contributed by atoms with Gasteiger partial charge in [0.25, 0.3) is 0 Å². The van der Waals surface area contributed by atoms with Gasteiger partial charge in [0.1, 0.15) is 6.17 Å². The van der Waals surface area contributed by atoms with Crippen LogP contribution >= 0.6 is 0 Å². The van der Waals surface area contributed by atoms with Crippen LogP contribution in [-0.2, 0) is 22.9 Å². The van der Waals surface area contributed by atoms with Gasteiger partial charge in [0, 0.05) is 40.7 Å². The highest BCUT2D eigenvalue weighted by Crippen LogP contribution is 2.42. The monoisotopic (exact) mass is 375 g/mol. The molecule has 0 amide bonds. The molecule has 3 aliphatic rings. The summed E-state index contributed by atoms with van der Waals surface area (Å²) in [7, 11) is -3.74. The van der Waals surface area contributed by atoms with E-state index < -0.39 is 16.2 Å². The Labute approximate surface area is 152 Å². The van der Waals surface area contributed by atoms with Gasteiger partial charge in [-0.3, -0.25) is 4.98 Å². The van der Waals surface area contributed by atoms with E-state index in [9.17, 15) is 12.8 Å². The minimum absolute atomic E-state index is 0.0643. The molecule has 0 aliphatic heterocycles. The van der Waals surface area contributed by atoms with Gasteiger partial charge in [0.05, 0.1) is 4.90 Å². The third-order valence-electron chi connectivity index (χ3n) is 5.81. The summed E-state index contributed by atoms with van der Waals surface area (Å²) < 4.78 is 42.3. The molecule has 0 radical (unpaired) electrons. The third-order valence-corrected chi connectivity index (χ3v) is 7.45. The van der Waals surface area contributed by atoms with Gasteiger partial charge in [0.2, 0.25) is 10.0 Å². The predicted molar refractivity (Wildman–Crippen MR) is 97.3 cm³/mol. The molecule has 0 saturated heterocycles. The molecule has 3 N–H and O–H groups in total. The first kappa shape index (κ1) is 16.6. The molecule has 1 aromatic carbocycles. The van der Waals surface area contributed by atoms with E-state index in [0.717, 1.165) is 40.4 Å². The molecule has 1 aromatic heterocycles. The van der Waals surface area contributed by atoms with Crippen LogP contribution in [0.3, 0.4) is 0 Å². The van der Waals surface area contributed by atoms with E-state index in [1.54, 1.807) is 6.20 Å². The van der Waals surface area contributed by atoms with E-state index in [2.05, 4.69) is 9.71 Å². The van der Waals surface area contributed by atoms with Gasteiger partial charge in [-0.15, -0.1) is 0 Å². The first-order chi connectivity index (χ1) is 12.4. The molecule has 26 heavy (non-hydrogen) atoms. The predicted octanol–water partition coefficient (Wildman–Crippen LogP) is 2.32. The second-order valence-electron chi connectivity index (χ2n) is 8.00. The Morgan fingerprint density at radius 2 is 1.96 bits per heavy atom. The first-order valence-electron chi connectivity index (χ1n) is 9.27. The van der Waals surface area contributed by atoms with Crippen LogP contribution in [0.25, 0.3) is 10.8 Å². The lowest BCUT2D eigenvalue weighted by Gasteiger charge is -2.30. The Hall–Kier alpha value is -1.57. The highest BCUT2D eigenvalue weighted by atomic mass is 32.2. The van der Waals surface area contributed by atoms with Gasteiger partial charge < -0.3 is 5.73 Å². The average molecular weight is 375 g/mol. The van der Waals surface area contributed by atoms with E-state index in [0.29, 0.717) is 23.7 Å². The molecule has 5 rings (SSSR count). The molecule has 2 aromatic rings. The number of pyridine rings is 1. The van der Waals surface area contributed by atoms with Gasteiger partial charge in [0.15, 0.2) is 0 Å². The number of nitrogens with one attached hydrogen (secondary N) is 1. The van der Waals surface area contributed by atoms with Crippen molar-refractivity contribution in [3.8, 4) is 0 Å². The summed E-state index contributed by atoms with van der Waals surface area (Å²) in [5, 5.41) is 1.55. The molecule has 3 aliphatic carbocycles. The minimum atomic E-state index is -3.74. The maximum atomic E-state index is 13.2. The average Bonchev–Trinajstić information content (AvgIpc) is 3.32. The summed E-state index contributed by atoms with van der Waals surface area (Å²) in [5.41, 5.74) is 8.90. The van der Waals surface area contributed by atoms with Crippen molar-refractivity contribution >= 4 is 20.8 Å². The van der Waals surface area contributed by atoms with Crippen molar-refractivity contribution in [1.29, 1.82) is 0 Å². The Morgan fingerprint density at radius 3 is 2.65 bits per heavy atom. The number of alkyl halides is 1. The molecule has 7 heteroatoms. The van der Waals surface area contributed by atoms with Crippen LogP contribution in [0, 0.1) is 0 Å². The van der Waals surface area contributed by atoms with Crippen LogP contribution in [0.4, 0.5) is 4.39 Å². The third kappa shape index (κ3) is 2.73. The van der Waals surface area contributed by atoms with Crippen molar-refractivity contribution < 1.29 is 12.8 Å². The lowest BCUT2D eigenvalue weighted by Crippen LogP contribution is -2.45. The fourth-order valence-corrected chi connectivity index (χ4v) is 5.99. The molecule has 5 nitrogen and oxygen atoms in total. The minimum Gasteiger partial charge on any atom is -0.327 e. The van der Waals surface area contributed by atoms with E-state index in [4.69, 9.17) is 5.73 Å². The second kappa shape index (κ2) is 5.71. The van der Waals surface area contributed by atoms with Crippen molar-refractivity contribution in [3.05, 3.63) is 35.2 Å². The Balaban J connectivity index is 1.68. The highest BCUT2D eigenvalue weighted by Gasteiger charge is 2.36. The largest absolute Gasteiger partial charge is 0.327 e. The smallest absolute Gasteiger partial charge is 0.241 e. The number of nitrogens with zero attached hydrogens (tertiary/aromatic N) is 1. The number of rotatable bonds is 4. The van der Waals surface area contributed by atoms with Crippen LogP contribution in [0.1, 0.15) is 48.4 Å². The van der Waals surface area contributed by atoms with Crippen molar-refractivity contribution in [1.82, 2.24) is 9.71 Å². The first-order valence-corrected chi connectivity index (χ1v) is 10.8. The van der Waals surface area contributed by atoms with Gasteiger partial charge in [-0.25, -0.2) is 17.5 Å². The van der Waals surface area contributed by atoms with Crippen LogP contribution < -0.4 is 10.5 Å². The molecular formula is C19H22FN3O2S. The van der Waals surface area contributed by atoms with E-state index in [1.165, 1.54) is 0 Å². The van der Waals surface area contributed by atoms with Crippen molar-refractivity contribution in [2.75, 3.05) is 0 Å².